The number of carbonyl (C=O) groups excluding carboxylic acids is 3. The molecule has 2 aliphatic rings. The molecule has 1 saturated carbocycles. The van der Waals surface area contributed by atoms with Crippen molar-refractivity contribution in [1.29, 1.82) is 0 Å². The average molecular weight is 406 g/mol. The molecule has 0 unspecified atom stereocenters. The van der Waals surface area contributed by atoms with Crippen molar-refractivity contribution in [1.82, 2.24) is 20.0 Å². The summed E-state index contributed by atoms with van der Waals surface area (Å²) in [5.41, 5.74) is 0.0508. The summed E-state index contributed by atoms with van der Waals surface area (Å²) in [7, 11) is 0. The quantitative estimate of drug-likeness (QED) is 0.746. The lowest BCUT2D eigenvalue weighted by molar-refractivity contribution is -0.141. The largest absolute Gasteiger partial charge is 0.435 e. The lowest BCUT2D eigenvalue weighted by atomic mass is 10.1. The molecule has 0 saturated heterocycles. The van der Waals surface area contributed by atoms with Crippen LogP contribution in [0.4, 0.5) is 13.2 Å². The Kier molecular flexibility index (Phi) is 4.64. The molecule has 0 radical (unpaired) electrons. The zero-order valence-electron chi connectivity index (χ0n) is 15.2. The zero-order valence-corrected chi connectivity index (χ0v) is 15.2. The highest BCUT2D eigenvalue weighted by Crippen LogP contribution is 2.42. The molecule has 29 heavy (non-hydrogen) atoms. The molecule has 7 nitrogen and oxygen atoms in total. The van der Waals surface area contributed by atoms with Crippen molar-refractivity contribution < 1.29 is 27.6 Å². The maximum Gasteiger partial charge on any atom is 0.435 e. The van der Waals surface area contributed by atoms with Gasteiger partial charge < -0.3 is 5.32 Å². The van der Waals surface area contributed by atoms with E-state index in [0.29, 0.717) is 5.69 Å². The molecule has 1 aromatic carbocycles. The van der Waals surface area contributed by atoms with Crippen molar-refractivity contribution in [2.24, 2.45) is 0 Å². The fraction of sp³-hybridized carbons (Fsp3) is 0.368. The molecule has 1 fully saturated rings. The van der Waals surface area contributed by atoms with Gasteiger partial charge >= 0.3 is 6.18 Å². The lowest BCUT2D eigenvalue weighted by Crippen LogP contribution is -2.41. The van der Waals surface area contributed by atoms with Gasteiger partial charge in [0.05, 0.1) is 17.7 Å². The summed E-state index contributed by atoms with van der Waals surface area (Å²) in [6, 6.07) is 7.35. The van der Waals surface area contributed by atoms with Crippen LogP contribution in [0.2, 0.25) is 0 Å². The number of carbonyl (C=O) groups is 3. The van der Waals surface area contributed by atoms with Crippen molar-refractivity contribution in [3.8, 4) is 0 Å². The highest BCUT2D eigenvalue weighted by atomic mass is 19.4. The van der Waals surface area contributed by atoms with E-state index in [2.05, 4.69) is 10.4 Å². The smallest absolute Gasteiger partial charge is 0.353 e. The molecule has 1 N–H and O–H groups in total. The standard InChI is InChI=1S/C19H17F3N4O3/c20-19(21,22)15-9-14(11-5-6-11)26(24-15)8-7-23-16(27)10-25-17(28)12-3-1-2-4-13(12)18(25)29/h1-4,9,11H,5-8,10H2,(H,23,27). The first-order valence-corrected chi connectivity index (χ1v) is 9.12. The van der Waals surface area contributed by atoms with E-state index in [4.69, 9.17) is 0 Å². The molecule has 152 valence electrons. The van der Waals surface area contributed by atoms with Crippen molar-refractivity contribution in [3.63, 3.8) is 0 Å². The van der Waals surface area contributed by atoms with Crippen LogP contribution in [0.3, 0.4) is 0 Å². The van der Waals surface area contributed by atoms with Crippen LogP contribution in [0.15, 0.2) is 30.3 Å². The van der Waals surface area contributed by atoms with Gasteiger partial charge in [0.2, 0.25) is 5.91 Å². The number of nitrogens with zero attached hydrogens (tertiary/aromatic N) is 3. The van der Waals surface area contributed by atoms with E-state index in [0.717, 1.165) is 23.8 Å². The van der Waals surface area contributed by atoms with Crippen LogP contribution >= 0.6 is 0 Å². The molecule has 1 aliphatic heterocycles. The van der Waals surface area contributed by atoms with E-state index in [1.807, 2.05) is 0 Å². The zero-order chi connectivity index (χ0) is 20.8. The number of aromatic nitrogens is 2. The van der Waals surface area contributed by atoms with Crippen LogP contribution in [0, 0.1) is 0 Å². The van der Waals surface area contributed by atoms with E-state index in [1.54, 1.807) is 12.1 Å². The van der Waals surface area contributed by atoms with Gasteiger partial charge in [0.1, 0.15) is 6.54 Å². The number of alkyl halides is 3. The lowest BCUT2D eigenvalue weighted by Gasteiger charge is -2.14. The minimum atomic E-state index is -4.52. The molecule has 4 rings (SSSR count). The number of hydrogen-bond donors (Lipinski definition) is 1. The van der Waals surface area contributed by atoms with E-state index in [9.17, 15) is 27.6 Å². The molecule has 2 aromatic rings. The third-order valence-electron chi connectivity index (χ3n) is 4.92. The molecule has 2 heterocycles. The van der Waals surface area contributed by atoms with Crippen molar-refractivity contribution in [3.05, 3.63) is 52.8 Å². The number of nitrogens with one attached hydrogen (secondary N) is 1. The van der Waals surface area contributed by atoms with Crippen LogP contribution in [-0.4, -0.2) is 45.5 Å². The Morgan fingerprint density at radius 1 is 1.14 bits per heavy atom. The molecule has 0 spiro atoms. The number of amides is 3. The topological polar surface area (TPSA) is 84.3 Å². The van der Waals surface area contributed by atoms with Gasteiger partial charge in [0, 0.05) is 18.2 Å². The summed E-state index contributed by atoms with van der Waals surface area (Å²) in [4.78, 5) is 37.5. The van der Waals surface area contributed by atoms with Gasteiger partial charge in [0.15, 0.2) is 5.69 Å². The van der Waals surface area contributed by atoms with Crippen LogP contribution in [-0.2, 0) is 17.5 Å². The van der Waals surface area contributed by atoms with Gasteiger partial charge in [-0.05, 0) is 31.0 Å². The van der Waals surface area contributed by atoms with E-state index in [1.165, 1.54) is 16.8 Å². The van der Waals surface area contributed by atoms with E-state index < -0.39 is 36.1 Å². The third kappa shape index (κ3) is 3.74. The van der Waals surface area contributed by atoms with Crippen molar-refractivity contribution >= 4 is 17.7 Å². The first kappa shape index (κ1) is 19.2. The predicted molar refractivity (Wildman–Crippen MR) is 94.0 cm³/mol. The summed E-state index contributed by atoms with van der Waals surface area (Å²) in [6.07, 6.45) is -2.90. The summed E-state index contributed by atoms with van der Waals surface area (Å²) < 4.78 is 40.0. The van der Waals surface area contributed by atoms with Gasteiger partial charge in [-0.1, -0.05) is 12.1 Å². The molecule has 10 heteroatoms. The minimum Gasteiger partial charge on any atom is -0.353 e. The molecular formula is C19H17F3N4O3. The first-order chi connectivity index (χ1) is 13.8. The number of hydrogen-bond acceptors (Lipinski definition) is 4. The monoisotopic (exact) mass is 406 g/mol. The normalized spacial score (nSPS) is 16.3. The minimum absolute atomic E-state index is 0.0285. The fourth-order valence-corrected chi connectivity index (χ4v) is 3.34. The SMILES string of the molecule is O=C(CN1C(=O)c2ccccc2C1=O)NCCn1nc(C(F)(F)F)cc1C1CC1. The molecule has 1 aliphatic carbocycles. The Morgan fingerprint density at radius 2 is 1.76 bits per heavy atom. The van der Waals surface area contributed by atoms with Crippen molar-refractivity contribution in [2.45, 2.75) is 31.5 Å². The molecule has 3 amide bonds. The number of imide groups is 1. The van der Waals surface area contributed by atoms with Crippen LogP contribution in [0.1, 0.15) is 50.9 Å². The number of rotatable bonds is 6. The molecule has 1 aromatic heterocycles. The van der Waals surface area contributed by atoms with E-state index in [-0.39, 0.29) is 30.1 Å². The van der Waals surface area contributed by atoms with Gasteiger partial charge in [-0.25, -0.2) is 0 Å². The van der Waals surface area contributed by atoms with Crippen LogP contribution in [0.5, 0.6) is 0 Å². The van der Waals surface area contributed by atoms with Gasteiger partial charge in [0.25, 0.3) is 11.8 Å². The predicted octanol–water partition coefficient (Wildman–Crippen LogP) is 2.19. The maximum absolute atomic E-state index is 12.9. The molecule has 0 atom stereocenters. The summed E-state index contributed by atoms with van der Waals surface area (Å²) >= 11 is 0. The summed E-state index contributed by atoms with van der Waals surface area (Å²) in [5, 5.41) is 6.15. The average Bonchev–Trinajstić information content (AvgIpc) is 3.38. The summed E-state index contributed by atoms with van der Waals surface area (Å²) in [6.45, 7) is -0.356. The number of fused-ring (bicyclic) bond motifs is 1. The first-order valence-electron chi connectivity index (χ1n) is 9.12. The van der Waals surface area contributed by atoms with Crippen molar-refractivity contribution in [2.75, 3.05) is 13.1 Å². The highest BCUT2D eigenvalue weighted by molar-refractivity contribution is 6.22. The highest BCUT2D eigenvalue weighted by Gasteiger charge is 2.38. The third-order valence-corrected chi connectivity index (χ3v) is 4.92. The molecular weight excluding hydrogens is 389 g/mol. The Hall–Kier alpha value is -3.17. The second-order valence-electron chi connectivity index (χ2n) is 7.04. The maximum atomic E-state index is 12.9. The Morgan fingerprint density at radius 3 is 2.31 bits per heavy atom. The van der Waals surface area contributed by atoms with Crippen LogP contribution < -0.4 is 5.32 Å². The Labute approximate surface area is 163 Å². The number of benzene rings is 1. The van der Waals surface area contributed by atoms with Gasteiger partial charge in [-0.15, -0.1) is 0 Å². The number of halogens is 3. The molecule has 0 bridgehead atoms. The summed E-state index contributed by atoms with van der Waals surface area (Å²) in [5.74, 6) is -1.60. The second kappa shape index (κ2) is 7.02. The Balaban J connectivity index is 1.35. The Bertz CT molecular complexity index is 960. The fourth-order valence-electron chi connectivity index (χ4n) is 3.34. The van der Waals surface area contributed by atoms with E-state index >= 15 is 0 Å². The van der Waals surface area contributed by atoms with Crippen LogP contribution in [0.25, 0.3) is 0 Å². The van der Waals surface area contributed by atoms with Gasteiger partial charge in [-0.2, -0.15) is 18.3 Å². The second-order valence-corrected chi connectivity index (χ2v) is 7.04. The van der Waals surface area contributed by atoms with Gasteiger partial charge in [-0.3, -0.25) is 24.0 Å².